The molecule has 0 saturated heterocycles. The van der Waals surface area contributed by atoms with Gasteiger partial charge in [0.25, 0.3) is 0 Å². The van der Waals surface area contributed by atoms with Gasteiger partial charge in [0.1, 0.15) is 5.82 Å². The zero-order valence-corrected chi connectivity index (χ0v) is 13.5. The average Bonchev–Trinajstić information content (AvgIpc) is 2.40. The van der Waals surface area contributed by atoms with Crippen LogP contribution in [0, 0.1) is 17.8 Å². The fourth-order valence-corrected chi connectivity index (χ4v) is 1.83. The van der Waals surface area contributed by atoms with Gasteiger partial charge in [-0.1, -0.05) is 20.8 Å². The summed E-state index contributed by atoms with van der Waals surface area (Å²) in [5, 5.41) is 9.59. The summed E-state index contributed by atoms with van der Waals surface area (Å²) in [7, 11) is 0. The van der Waals surface area contributed by atoms with Gasteiger partial charge in [0, 0.05) is 6.20 Å². The molecular formula is C15H27N3O3. The van der Waals surface area contributed by atoms with Crippen molar-refractivity contribution in [1.82, 2.24) is 9.97 Å². The number of aliphatic hydroxyl groups is 1. The van der Waals surface area contributed by atoms with E-state index < -0.39 is 5.79 Å². The van der Waals surface area contributed by atoms with E-state index in [1.54, 1.807) is 26.1 Å². The number of anilines is 1. The van der Waals surface area contributed by atoms with Crippen molar-refractivity contribution >= 4 is 5.82 Å². The lowest BCUT2D eigenvalue weighted by Crippen LogP contribution is -2.30. The molecule has 0 aliphatic rings. The Hall–Kier alpha value is -1.40. The molecule has 3 N–H and O–H groups in total. The van der Waals surface area contributed by atoms with Crippen LogP contribution in [0.1, 0.15) is 34.6 Å². The Morgan fingerprint density at radius 1 is 1.24 bits per heavy atom. The third-order valence-electron chi connectivity index (χ3n) is 3.62. The van der Waals surface area contributed by atoms with Crippen molar-refractivity contribution in [2.24, 2.45) is 17.8 Å². The molecule has 0 aromatic carbocycles. The SMILES string of the molecule is CC(COc1nccc(N)n1)[C@@H](C)C(C)COC(C)(C)O. The summed E-state index contributed by atoms with van der Waals surface area (Å²) in [5.74, 6) is 0.275. The number of aromatic nitrogens is 2. The normalized spacial score (nSPS) is 16.3. The summed E-state index contributed by atoms with van der Waals surface area (Å²) < 4.78 is 11.0. The minimum atomic E-state index is -1.09. The maximum Gasteiger partial charge on any atom is 0.318 e. The Kier molecular flexibility index (Phi) is 6.36. The lowest BCUT2D eigenvalue weighted by molar-refractivity contribution is -0.186. The lowest BCUT2D eigenvalue weighted by atomic mass is 9.86. The fourth-order valence-electron chi connectivity index (χ4n) is 1.83. The fraction of sp³-hybridized carbons (Fsp3) is 0.733. The predicted molar refractivity (Wildman–Crippen MR) is 81.7 cm³/mol. The van der Waals surface area contributed by atoms with E-state index in [1.165, 1.54) is 0 Å². The number of ether oxygens (including phenoxy) is 2. The Balaban J connectivity index is 2.41. The molecule has 1 rings (SSSR count). The molecule has 0 aliphatic heterocycles. The number of hydrogen-bond donors (Lipinski definition) is 2. The molecule has 0 fully saturated rings. The molecule has 0 bridgehead atoms. The van der Waals surface area contributed by atoms with Crippen LogP contribution in [0.25, 0.3) is 0 Å². The summed E-state index contributed by atoms with van der Waals surface area (Å²) in [4.78, 5) is 8.02. The average molecular weight is 297 g/mol. The van der Waals surface area contributed by atoms with Crippen LogP contribution in [0.4, 0.5) is 5.82 Å². The third kappa shape index (κ3) is 6.73. The molecule has 2 unspecified atom stereocenters. The van der Waals surface area contributed by atoms with Crippen LogP contribution in [0.2, 0.25) is 0 Å². The van der Waals surface area contributed by atoms with Crippen molar-refractivity contribution in [2.75, 3.05) is 18.9 Å². The van der Waals surface area contributed by atoms with E-state index >= 15 is 0 Å². The van der Waals surface area contributed by atoms with Crippen LogP contribution < -0.4 is 10.5 Å². The minimum Gasteiger partial charge on any atom is -0.463 e. The van der Waals surface area contributed by atoms with Crippen LogP contribution in [-0.2, 0) is 4.74 Å². The topological polar surface area (TPSA) is 90.5 Å². The van der Waals surface area contributed by atoms with E-state index in [4.69, 9.17) is 15.2 Å². The first-order valence-corrected chi connectivity index (χ1v) is 7.26. The Morgan fingerprint density at radius 3 is 2.43 bits per heavy atom. The Morgan fingerprint density at radius 2 is 1.86 bits per heavy atom. The van der Waals surface area contributed by atoms with Gasteiger partial charge in [0.2, 0.25) is 0 Å². The third-order valence-corrected chi connectivity index (χ3v) is 3.62. The Labute approximate surface area is 126 Å². The number of nitrogens with two attached hydrogens (primary N) is 1. The molecule has 0 aliphatic carbocycles. The largest absolute Gasteiger partial charge is 0.463 e. The van der Waals surface area contributed by atoms with E-state index in [9.17, 15) is 5.11 Å². The first-order chi connectivity index (χ1) is 9.69. The summed E-state index contributed by atoms with van der Waals surface area (Å²) >= 11 is 0. The molecule has 3 atom stereocenters. The molecule has 6 heteroatoms. The van der Waals surface area contributed by atoms with Crippen molar-refractivity contribution in [3.05, 3.63) is 12.3 Å². The van der Waals surface area contributed by atoms with E-state index in [2.05, 4.69) is 30.7 Å². The zero-order chi connectivity index (χ0) is 16.0. The summed E-state index contributed by atoms with van der Waals surface area (Å²) in [6.45, 7) is 10.6. The maximum absolute atomic E-state index is 9.59. The molecule has 1 heterocycles. The first-order valence-electron chi connectivity index (χ1n) is 7.26. The van der Waals surface area contributed by atoms with Crippen LogP contribution >= 0.6 is 0 Å². The first kappa shape index (κ1) is 17.7. The van der Waals surface area contributed by atoms with E-state index in [0.29, 0.717) is 42.8 Å². The summed E-state index contributed by atoms with van der Waals surface area (Å²) in [6, 6.07) is 1.92. The standard InChI is InChI=1S/C15H27N3O3/c1-10(8-20-14-17-7-6-13(16)18-14)12(3)11(2)9-21-15(4,5)19/h6-7,10-12,19H,8-9H2,1-5H3,(H2,16,17,18)/t10?,11?,12-/m1/s1. The summed E-state index contributed by atoms with van der Waals surface area (Å²) in [6.07, 6.45) is 1.57. The number of rotatable bonds is 8. The Bertz CT molecular complexity index is 434. The number of nitrogen functional groups attached to an aromatic ring is 1. The second-order valence-electron chi connectivity index (χ2n) is 6.15. The second kappa shape index (κ2) is 7.56. The van der Waals surface area contributed by atoms with Gasteiger partial charge in [-0.05, 0) is 37.7 Å². The van der Waals surface area contributed by atoms with Gasteiger partial charge in [0.05, 0.1) is 13.2 Å². The van der Waals surface area contributed by atoms with Crippen molar-refractivity contribution in [3.8, 4) is 6.01 Å². The monoisotopic (exact) mass is 297 g/mol. The molecule has 0 amide bonds. The van der Waals surface area contributed by atoms with Crippen molar-refractivity contribution < 1.29 is 14.6 Å². The minimum absolute atomic E-state index is 0.300. The highest BCUT2D eigenvalue weighted by atomic mass is 16.6. The van der Waals surface area contributed by atoms with Crippen LogP contribution in [0.15, 0.2) is 12.3 Å². The quantitative estimate of drug-likeness (QED) is 0.714. The maximum atomic E-state index is 9.59. The van der Waals surface area contributed by atoms with Gasteiger partial charge in [-0.15, -0.1) is 0 Å². The predicted octanol–water partition coefficient (Wildman–Crippen LogP) is 2.09. The van der Waals surface area contributed by atoms with Gasteiger partial charge in [0.15, 0.2) is 5.79 Å². The molecule has 120 valence electrons. The molecule has 1 aromatic heterocycles. The molecule has 1 aromatic rings. The molecular weight excluding hydrogens is 270 g/mol. The van der Waals surface area contributed by atoms with E-state index in [-0.39, 0.29) is 0 Å². The molecule has 0 saturated carbocycles. The highest BCUT2D eigenvalue weighted by molar-refractivity contribution is 5.26. The van der Waals surface area contributed by atoms with E-state index in [1.807, 2.05) is 0 Å². The van der Waals surface area contributed by atoms with Crippen LogP contribution in [0.5, 0.6) is 6.01 Å². The molecule has 0 spiro atoms. The van der Waals surface area contributed by atoms with Gasteiger partial charge >= 0.3 is 6.01 Å². The van der Waals surface area contributed by atoms with Crippen LogP contribution in [0.3, 0.4) is 0 Å². The van der Waals surface area contributed by atoms with Crippen LogP contribution in [-0.4, -0.2) is 34.1 Å². The smallest absolute Gasteiger partial charge is 0.318 e. The van der Waals surface area contributed by atoms with Gasteiger partial charge in [-0.2, -0.15) is 4.98 Å². The zero-order valence-electron chi connectivity index (χ0n) is 13.5. The van der Waals surface area contributed by atoms with Gasteiger partial charge in [-0.3, -0.25) is 0 Å². The highest BCUT2D eigenvalue weighted by Crippen LogP contribution is 2.23. The van der Waals surface area contributed by atoms with Crippen molar-refractivity contribution in [3.63, 3.8) is 0 Å². The number of nitrogens with zero attached hydrogens (tertiary/aromatic N) is 2. The van der Waals surface area contributed by atoms with Crippen molar-refractivity contribution in [1.29, 1.82) is 0 Å². The molecule has 6 nitrogen and oxygen atoms in total. The number of hydrogen-bond acceptors (Lipinski definition) is 6. The van der Waals surface area contributed by atoms with E-state index in [0.717, 1.165) is 0 Å². The second-order valence-corrected chi connectivity index (χ2v) is 6.15. The van der Waals surface area contributed by atoms with Gasteiger partial charge < -0.3 is 20.3 Å². The molecule has 0 radical (unpaired) electrons. The summed E-state index contributed by atoms with van der Waals surface area (Å²) in [5.41, 5.74) is 5.58. The van der Waals surface area contributed by atoms with Gasteiger partial charge in [-0.25, -0.2) is 4.98 Å². The highest BCUT2D eigenvalue weighted by Gasteiger charge is 2.23. The van der Waals surface area contributed by atoms with Crippen molar-refractivity contribution in [2.45, 2.75) is 40.4 Å². The lowest BCUT2D eigenvalue weighted by Gasteiger charge is -2.28. The molecule has 21 heavy (non-hydrogen) atoms.